The average molecular weight is 378 g/mol. The molecule has 2 atom stereocenters. The molecule has 1 saturated heterocycles. The van der Waals surface area contributed by atoms with Crippen molar-refractivity contribution in [2.75, 3.05) is 25.2 Å². The van der Waals surface area contributed by atoms with Crippen LogP contribution in [0.3, 0.4) is 0 Å². The van der Waals surface area contributed by atoms with E-state index in [-0.39, 0.29) is 18.1 Å². The highest BCUT2D eigenvalue weighted by atomic mass is 16.5. The third-order valence-corrected chi connectivity index (χ3v) is 5.64. The Morgan fingerprint density at radius 1 is 1.25 bits per heavy atom. The molecule has 0 radical (unpaired) electrons. The fourth-order valence-corrected chi connectivity index (χ4v) is 4.00. The van der Waals surface area contributed by atoms with Crippen molar-refractivity contribution < 1.29 is 14.3 Å². The van der Waals surface area contributed by atoms with Crippen molar-refractivity contribution in [1.29, 1.82) is 0 Å². The molecule has 3 aromatic heterocycles. The Morgan fingerprint density at radius 2 is 2.11 bits per heavy atom. The van der Waals surface area contributed by atoms with Gasteiger partial charge < -0.3 is 19.4 Å². The summed E-state index contributed by atoms with van der Waals surface area (Å²) < 4.78 is 11.3. The van der Waals surface area contributed by atoms with Gasteiger partial charge in [0.2, 0.25) is 5.91 Å². The number of carbonyl (C=O) groups is 1. The van der Waals surface area contributed by atoms with Crippen molar-refractivity contribution in [2.24, 2.45) is 0 Å². The van der Waals surface area contributed by atoms with Gasteiger partial charge in [-0.3, -0.25) is 9.78 Å². The van der Waals surface area contributed by atoms with Gasteiger partial charge in [-0.25, -0.2) is 4.98 Å². The maximum atomic E-state index is 12.6. The highest BCUT2D eigenvalue weighted by Gasteiger charge is 2.32. The van der Waals surface area contributed by atoms with E-state index in [1.165, 1.54) is 0 Å². The van der Waals surface area contributed by atoms with Gasteiger partial charge >= 0.3 is 0 Å². The van der Waals surface area contributed by atoms with Crippen molar-refractivity contribution in [1.82, 2.24) is 15.0 Å². The van der Waals surface area contributed by atoms with E-state index in [0.29, 0.717) is 19.6 Å². The molecule has 144 valence electrons. The maximum absolute atomic E-state index is 12.6. The molecule has 5 heterocycles. The number of anilines is 1. The minimum Gasteiger partial charge on any atom is -0.379 e. The molecule has 5 rings (SSSR count). The number of rotatable bonds is 4. The van der Waals surface area contributed by atoms with Gasteiger partial charge in [-0.15, -0.1) is 0 Å². The van der Waals surface area contributed by atoms with Crippen molar-refractivity contribution in [3.05, 3.63) is 42.5 Å². The Balaban J connectivity index is 1.41. The summed E-state index contributed by atoms with van der Waals surface area (Å²) in [7, 11) is 1.71. The Bertz CT molecular complexity index is 1020. The van der Waals surface area contributed by atoms with Crippen LogP contribution in [0.1, 0.15) is 18.5 Å². The number of nitrogens with one attached hydrogen (secondary N) is 1. The molecule has 0 unspecified atom stereocenters. The second-order valence-electron chi connectivity index (χ2n) is 7.40. The fraction of sp³-hybridized carbons (Fsp3) is 0.381. The molecule has 2 aliphatic heterocycles. The van der Waals surface area contributed by atoms with Crippen LogP contribution in [0.15, 0.2) is 36.8 Å². The van der Waals surface area contributed by atoms with Gasteiger partial charge in [-0.2, -0.15) is 0 Å². The molecule has 7 nitrogen and oxygen atoms in total. The number of aromatic nitrogens is 3. The van der Waals surface area contributed by atoms with Crippen LogP contribution in [-0.2, 0) is 20.7 Å². The van der Waals surface area contributed by atoms with Crippen molar-refractivity contribution in [3.63, 3.8) is 0 Å². The zero-order valence-corrected chi connectivity index (χ0v) is 15.7. The van der Waals surface area contributed by atoms with E-state index in [2.05, 4.69) is 21.0 Å². The van der Waals surface area contributed by atoms with Gasteiger partial charge in [0.15, 0.2) is 0 Å². The van der Waals surface area contributed by atoms with Gasteiger partial charge in [0.25, 0.3) is 0 Å². The van der Waals surface area contributed by atoms with Gasteiger partial charge in [0.05, 0.1) is 43.2 Å². The number of H-pyrrole nitrogens is 1. The van der Waals surface area contributed by atoms with E-state index in [1.807, 2.05) is 35.6 Å². The van der Waals surface area contributed by atoms with Gasteiger partial charge in [-0.05, 0) is 31.0 Å². The zero-order valence-electron chi connectivity index (χ0n) is 15.7. The molecular formula is C21H22N4O3. The molecule has 0 saturated carbocycles. The average Bonchev–Trinajstić information content (AvgIpc) is 3.32. The number of nitrogens with zero attached hydrogens (tertiary/aromatic N) is 3. The van der Waals surface area contributed by atoms with Gasteiger partial charge in [0.1, 0.15) is 5.65 Å². The lowest BCUT2D eigenvalue weighted by Crippen LogP contribution is -2.40. The van der Waals surface area contributed by atoms with Crippen LogP contribution in [0, 0.1) is 0 Å². The largest absolute Gasteiger partial charge is 0.379 e. The Hall–Kier alpha value is -2.77. The number of carbonyl (C=O) groups excluding carboxylic acids is 1. The first kappa shape index (κ1) is 17.3. The van der Waals surface area contributed by atoms with E-state index in [9.17, 15) is 4.79 Å². The van der Waals surface area contributed by atoms with Crippen LogP contribution in [0.2, 0.25) is 0 Å². The quantitative estimate of drug-likeness (QED) is 0.755. The molecule has 1 N–H and O–H groups in total. The Kier molecular flexibility index (Phi) is 4.33. The number of ether oxygens (including phenoxy) is 2. The predicted octanol–water partition coefficient (Wildman–Crippen LogP) is 2.71. The summed E-state index contributed by atoms with van der Waals surface area (Å²) in [5.74, 6) is 0.0799. The third-order valence-electron chi connectivity index (χ3n) is 5.64. The monoisotopic (exact) mass is 378 g/mol. The number of hydrogen-bond donors (Lipinski definition) is 1. The first-order valence-corrected chi connectivity index (χ1v) is 9.58. The summed E-state index contributed by atoms with van der Waals surface area (Å²) in [6.45, 7) is 1.14. The molecule has 0 bridgehead atoms. The molecule has 1 fully saturated rings. The standard InChI is InChI=1S/C21H22N4O3/c1-27-17-3-2-16(28-12-17)11-25-19-7-15(9-23-18(19)8-20(25)26)14-6-13-4-5-22-21(13)24-10-14/h4-7,9-10,16-17H,2-3,8,11-12H2,1H3,(H,22,24)/t16-,17-/m1/s1. The second kappa shape index (κ2) is 7.00. The lowest BCUT2D eigenvalue weighted by atomic mass is 10.1. The Morgan fingerprint density at radius 3 is 2.93 bits per heavy atom. The van der Waals surface area contributed by atoms with Gasteiger partial charge in [-0.1, -0.05) is 0 Å². The van der Waals surface area contributed by atoms with Crippen molar-refractivity contribution >= 4 is 22.6 Å². The second-order valence-corrected chi connectivity index (χ2v) is 7.40. The topological polar surface area (TPSA) is 80.3 Å². The van der Waals surface area contributed by atoms with E-state index in [4.69, 9.17) is 9.47 Å². The zero-order chi connectivity index (χ0) is 19.1. The molecule has 3 aromatic rings. The van der Waals surface area contributed by atoms with Crippen LogP contribution in [-0.4, -0.2) is 53.3 Å². The molecule has 1 amide bonds. The number of pyridine rings is 2. The van der Waals surface area contributed by atoms with E-state index >= 15 is 0 Å². The number of hydrogen-bond acceptors (Lipinski definition) is 5. The van der Waals surface area contributed by atoms with Crippen LogP contribution < -0.4 is 4.90 Å². The summed E-state index contributed by atoms with van der Waals surface area (Å²) >= 11 is 0. The lowest BCUT2D eigenvalue weighted by molar-refractivity contribution is -0.118. The summed E-state index contributed by atoms with van der Waals surface area (Å²) in [6, 6.07) is 6.12. The highest BCUT2D eigenvalue weighted by Crippen LogP contribution is 2.33. The predicted molar refractivity (Wildman–Crippen MR) is 105 cm³/mol. The molecule has 28 heavy (non-hydrogen) atoms. The third kappa shape index (κ3) is 3.06. The SMILES string of the molecule is CO[C@@H]1CC[C@H](CN2C(=O)Cc3ncc(-c4cnc5[nH]ccc5c4)cc32)OC1. The number of aromatic amines is 1. The van der Waals surface area contributed by atoms with Crippen LogP contribution in [0.4, 0.5) is 5.69 Å². The Labute approximate surface area is 162 Å². The van der Waals surface area contributed by atoms with Crippen LogP contribution in [0.25, 0.3) is 22.2 Å². The van der Waals surface area contributed by atoms with Crippen molar-refractivity contribution in [2.45, 2.75) is 31.5 Å². The lowest BCUT2D eigenvalue weighted by Gasteiger charge is -2.31. The molecule has 0 spiro atoms. The van der Waals surface area contributed by atoms with E-state index < -0.39 is 0 Å². The molecule has 0 aliphatic carbocycles. The fourth-order valence-electron chi connectivity index (χ4n) is 4.00. The highest BCUT2D eigenvalue weighted by molar-refractivity contribution is 6.01. The molecular weight excluding hydrogens is 356 g/mol. The summed E-state index contributed by atoms with van der Waals surface area (Å²) in [5, 5.41) is 1.05. The van der Waals surface area contributed by atoms with Crippen LogP contribution in [0.5, 0.6) is 0 Å². The first-order chi connectivity index (χ1) is 13.7. The summed E-state index contributed by atoms with van der Waals surface area (Å²) in [5.41, 5.74) is 4.51. The minimum atomic E-state index is 0.0304. The van der Waals surface area contributed by atoms with Gasteiger partial charge in [0, 0.05) is 42.2 Å². The molecule has 2 aliphatic rings. The van der Waals surface area contributed by atoms with E-state index in [0.717, 1.165) is 46.4 Å². The molecule has 0 aromatic carbocycles. The first-order valence-electron chi connectivity index (χ1n) is 9.58. The molecule has 7 heteroatoms. The summed E-state index contributed by atoms with van der Waals surface area (Å²) in [6.07, 6.45) is 7.91. The van der Waals surface area contributed by atoms with Crippen LogP contribution >= 0.6 is 0 Å². The van der Waals surface area contributed by atoms with E-state index in [1.54, 1.807) is 7.11 Å². The smallest absolute Gasteiger partial charge is 0.233 e. The normalized spacial score (nSPS) is 22.0. The number of fused-ring (bicyclic) bond motifs is 2. The number of amides is 1. The van der Waals surface area contributed by atoms with Crippen molar-refractivity contribution in [3.8, 4) is 11.1 Å². The summed E-state index contributed by atoms with van der Waals surface area (Å²) in [4.78, 5) is 26.6. The minimum absolute atomic E-state index is 0.0304. The number of methoxy groups -OCH3 is 1. The maximum Gasteiger partial charge on any atom is 0.233 e.